The van der Waals surface area contributed by atoms with Gasteiger partial charge in [0.15, 0.2) is 0 Å². The number of aliphatic hydroxyl groups excluding tert-OH is 2. The van der Waals surface area contributed by atoms with E-state index in [2.05, 4.69) is 5.32 Å². The lowest BCUT2D eigenvalue weighted by Gasteiger charge is -2.19. The number of aliphatic hydroxyl groups is 2. The van der Waals surface area contributed by atoms with Gasteiger partial charge in [-0.15, -0.1) is 0 Å². The molecule has 0 heterocycles. The summed E-state index contributed by atoms with van der Waals surface area (Å²) in [7, 11) is 0. The number of rotatable bonds is 6. The zero-order chi connectivity index (χ0) is 18.4. The number of hydrogen-bond acceptors (Lipinski definition) is 5. The van der Waals surface area contributed by atoms with Crippen molar-refractivity contribution >= 4 is 35.0 Å². The van der Waals surface area contributed by atoms with E-state index in [1.165, 1.54) is 12.1 Å². The number of ether oxygens (including phenoxy) is 1. The van der Waals surface area contributed by atoms with Gasteiger partial charge in [-0.1, -0.05) is 53.5 Å². The van der Waals surface area contributed by atoms with Crippen LogP contribution in [0.4, 0.5) is 10.5 Å². The van der Waals surface area contributed by atoms with Crippen LogP contribution in [-0.4, -0.2) is 29.0 Å². The molecule has 2 aromatic carbocycles. The first-order chi connectivity index (χ1) is 11.9. The first-order valence-electron chi connectivity index (χ1n) is 7.43. The van der Waals surface area contributed by atoms with Crippen molar-refractivity contribution in [2.24, 2.45) is 0 Å². The van der Waals surface area contributed by atoms with Gasteiger partial charge in [0.25, 0.3) is 0 Å². The van der Waals surface area contributed by atoms with Crippen molar-refractivity contribution < 1.29 is 19.7 Å². The summed E-state index contributed by atoms with van der Waals surface area (Å²) in [6.07, 6.45) is -3.28. The molecule has 8 heteroatoms. The smallest absolute Gasteiger partial charge is 0.407 e. The Labute approximate surface area is 155 Å². The van der Waals surface area contributed by atoms with Crippen molar-refractivity contribution in [3.8, 4) is 0 Å². The lowest BCUT2D eigenvalue weighted by atomic mass is 10.0. The van der Waals surface area contributed by atoms with Gasteiger partial charge >= 0.3 is 6.09 Å². The maximum absolute atomic E-state index is 11.6. The van der Waals surface area contributed by atoms with Crippen molar-refractivity contribution in [1.29, 1.82) is 0 Å². The lowest BCUT2D eigenvalue weighted by Crippen LogP contribution is -2.35. The number of nitrogen functional groups attached to an aromatic ring is 1. The fourth-order valence-electron chi connectivity index (χ4n) is 2.07. The second kappa shape index (κ2) is 8.92. The average molecular weight is 385 g/mol. The molecule has 0 aliphatic carbocycles. The highest BCUT2D eigenvalue weighted by atomic mass is 35.5. The summed E-state index contributed by atoms with van der Waals surface area (Å²) in [5.41, 5.74) is 6.94. The molecule has 2 rings (SSSR count). The van der Waals surface area contributed by atoms with Gasteiger partial charge < -0.3 is 26.0 Å². The van der Waals surface area contributed by atoms with Gasteiger partial charge in [0.1, 0.15) is 18.8 Å². The van der Waals surface area contributed by atoms with Crippen LogP contribution in [0.5, 0.6) is 0 Å². The average Bonchev–Trinajstić information content (AvgIpc) is 2.62. The van der Waals surface area contributed by atoms with Gasteiger partial charge in [0, 0.05) is 6.54 Å². The highest BCUT2D eigenvalue weighted by molar-refractivity contribution is 6.38. The minimum absolute atomic E-state index is 0.106. The summed E-state index contributed by atoms with van der Waals surface area (Å²) in [6, 6.07) is 12.0. The fourth-order valence-corrected chi connectivity index (χ4v) is 2.57. The Balaban J connectivity index is 1.84. The number of halogens is 2. The molecule has 1 amide bonds. The molecule has 2 unspecified atom stereocenters. The van der Waals surface area contributed by atoms with E-state index in [0.717, 1.165) is 5.56 Å². The molecular formula is C17H18Cl2N2O4. The maximum atomic E-state index is 11.6. The predicted octanol–water partition coefficient (Wildman–Crippen LogP) is 2.90. The number of hydrogen-bond donors (Lipinski definition) is 4. The normalized spacial score (nSPS) is 13.1. The van der Waals surface area contributed by atoms with E-state index < -0.39 is 18.3 Å². The second-order valence-electron chi connectivity index (χ2n) is 5.35. The zero-order valence-electron chi connectivity index (χ0n) is 13.2. The topological polar surface area (TPSA) is 105 Å². The SMILES string of the molecule is Nc1c(Cl)cc(C(O)C(O)CNC(=O)OCc2ccccc2)cc1Cl. The monoisotopic (exact) mass is 384 g/mol. The van der Waals surface area contributed by atoms with E-state index in [-0.39, 0.29) is 34.4 Å². The number of benzene rings is 2. The van der Waals surface area contributed by atoms with Gasteiger partial charge in [-0.05, 0) is 23.3 Å². The second-order valence-corrected chi connectivity index (χ2v) is 6.17. The Bertz CT molecular complexity index is 705. The van der Waals surface area contributed by atoms with Gasteiger partial charge in [0.2, 0.25) is 0 Å². The van der Waals surface area contributed by atoms with E-state index in [1.807, 2.05) is 30.3 Å². The minimum atomic E-state index is -1.30. The standard InChI is InChI=1S/C17H18Cl2N2O4/c18-12-6-11(7-13(19)15(12)20)16(23)14(22)8-21-17(24)25-9-10-4-2-1-3-5-10/h1-7,14,16,22-23H,8-9,20H2,(H,21,24). The van der Waals surface area contributed by atoms with Gasteiger partial charge in [-0.3, -0.25) is 0 Å². The van der Waals surface area contributed by atoms with Crippen LogP contribution in [0.1, 0.15) is 17.2 Å². The number of carbonyl (C=O) groups excluding carboxylic acids is 1. The number of anilines is 1. The lowest BCUT2D eigenvalue weighted by molar-refractivity contribution is 0.0184. The number of nitrogens with one attached hydrogen (secondary N) is 1. The molecule has 0 spiro atoms. The van der Waals surface area contributed by atoms with E-state index >= 15 is 0 Å². The molecule has 5 N–H and O–H groups in total. The van der Waals surface area contributed by atoms with Crippen LogP contribution >= 0.6 is 23.2 Å². The third-order valence-corrected chi connectivity index (χ3v) is 4.10. The molecule has 0 aliphatic rings. The molecule has 6 nitrogen and oxygen atoms in total. The van der Waals surface area contributed by atoms with Crippen LogP contribution in [0.15, 0.2) is 42.5 Å². The van der Waals surface area contributed by atoms with E-state index in [4.69, 9.17) is 33.7 Å². The summed E-state index contributed by atoms with van der Waals surface area (Å²) in [6.45, 7) is -0.108. The van der Waals surface area contributed by atoms with Crippen molar-refractivity contribution in [3.05, 3.63) is 63.6 Å². The number of carbonyl (C=O) groups is 1. The molecule has 2 aromatic rings. The quantitative estimate of drug-likeness (QED) is 0.573. The van der Waals surface area contributed by atoms with Crippen LogP contribution in [0.25, 0.3) is 0 Å². The summed E-state index contributed by atoms with van der Waals surface area (Å²) < 4.78 is 5.02. The van der Waals surface area contributed by atoms with Gasteiger partial charge in [-0.25, -0.2) is 4.79 Å². The Kier molecular flexibility index (Phi) is 6.90. The summed E-state index contributed by atoms with van der Waals surface area (Å²) in [5, 5.41) is 22.9. The highest BCUT2D eigenvalue weighted by Gasteiger charge is 2.21. The minimum Gasteiger partial charge on any atom is -0.445 e. The van der Waals surface area contributed by atoms with Gasteiger partial charge in [0.05, 0.1) is 15.7 Å². The zero-order valence-corrected chi connectivity index (χ0v) is 14.7. The first-order valence-corrected chi connectivity index (χ1v) is 8.19. The Morgan fingerprint density at radius 3 is 2.36 bits per heavy atom. The number of alkyl carbamates (subject to hydrolysis) is 1. The van der Waals surface area contributed by atoms with Crippen molar-refractivity contribution in [3.63, 3.8) is 0 Å². The fraction of sp³-hybridized carbons (Fsp3) is 0.235. The third kappa shape index (κ3) is 5.51. The molecule has 0 fully saturated rings. The van der Waals surface area contributed by atoms with Gasteiger partial charge in [-0.2, -0.15) is 0 Å². The van der Waals surface area contributed by atoms with Crippen molar-refractivity contribution in [2.45, 2.75) is 18.8 Å². The van der Waals surface area contributed by atoms with Crippen molar-refractivity contribution in [1.82, 2.24) is 5.32 Å². The Morgan fingerprint density at radius 2 is 1.76 bits per heavy atom. The molecule has 2 atom stereocenters. The molecule has 0 radical (unpaired) electrons. The first kappa shape index (κ1) is 19.3. The number of amides is 1. The summed E-state index contributed by atoms with van der Waals surface area (Å²) in [5.74, 6) is 0. The molecule has 0 aromatic heterocycles. The number of nitrogens with two attached hydrogens (primary N) is 1. The molecule has 25 heavy (non-hydrogen) atoms. The van der Waals surface area contributed by atoms with E-state index in [1.54, 1.807) is 0 Å². The maximum Gasteiger partial charge on any atom is 0.407 e. The largest absolute Gasteiger partial charge is 0.445 e. The van der Waals surface area contributed by atoms with E-state index in [9.17, 15) is 15.0 Å². The van der Waals surface area contributed by atoms with Crippen LogP contribution < -0.4 is 11.1 Å². The van der Waals surface area contributed by atoms with Crippen LogP contribution in [-0.2, 0) is 11.3 Å². The summed E-state index contributed by atoms with van der Waals surface area (Å²) in [4.78, 5) is 11.6. The third-order valence-electron chi connectivity index (χ3n) is 3.48. The van der Waals surface area contributed by atoms with E-state index in [0.29, 0.717) is 0 Å². The van der Waals surface area contributed by atoms with Crippen LogP contribution in [0, 0.1) is 0 Å². The van der Waals surface area contributed by atoms with Crippen molar-refractivity contribution in [2.75, 3.05) is 12.3 Å². The van der Waals surface area contributed by atoms with Crippen LogP contribution in [0.2, 0.25) is 10.0 Å². The Morgan fingerprint density at radius 1 is 1.16 bits per heavy atom. The molecule has 0 saturated carbocycles. The predicted molar refractivity (Wildman–Crippen MR) is 96.5 cm³/mol. The molecule has 0 aliphatic heterocycles. The molecule has 0 saturated heterocycles. The van der Waals surface area contributed by atoms with Crippen LogP contribution in [0.3, 0.4) is 0 Å². The molecular weight excluding hydrogens is 367 g/mol. The molecule has 134 valence electrons. The Hall–Kier alpha value is -1.99. The molecule has 0 bridgehead atoms. The summed E-state index contributed by atoms with van der Waals surface area (Å²) >= 11 is 11.8. The highest BCUT2D eigenvalue weighted by Crippen LogP contribution is 2.32.